The summed E-state index contributed by atoms with van der Waals surface area (Å²) in [6.45, 7) is 2.43. The van der Waals surface area contributed by atoms with E-state index in [-0.39, 0.29) is 6.04 Å². The van der Waals surface area contributed by atoms with E-state index >= 15 is 0 Å². The van der Waals surface area contributed by atoms with Crippen LogP contribution in [0.1, 0.15) is 6.92 Å². The molecule has 78 valence electrons. The second-order valence-electron chi connectivity index (χ2n) is 2.99. The quantitative estimate of drug-likeness (QED) is 0.737. The van der Waals surface area contributed by atoms with Crippen molar-refractivity contribution in [2.75, 3.05) is 6.61 Å². The van der Waals surface area contributed by atoms with Crippen molar-refractivity contribution in [1.29, 1.82) is 0 Å². The predicted octanol–water partition coefficient (Wildman–Crippen LogP) is 3.28. The van der Waals surface area contributed by atoms with Crippen LogP contribution >= 0.6 is 56.8 Å². The van der Waals surface area contributed by atoms with Gasteiger partial charge in [-0.2, -0.15) is 0 Å². The summed E-state index contributed by atoms with van der Waals surface area (Å²) in [6, 6.07) is 3.79. The van der Waals surface area contributed by atoms with Crippen LogP contribution in [0, 0.1) is 7.14 Å². The molecule has 1 aromatic carbocycles. The van der Waals surface area contributed by atoms with Gasteiger partial charge in [-0.25, -0.2) is 0 Å². The third kappa shape index (κ3) is 3.71. The SMILES string of the molecule is CC(N)COc1c(I)cc(Cl)cc1I. The maximum atomic E-state index is 5.90. The van der Waals surface area contributed by atoms with Crippen LogP contribution in [0.25, 0.3) is 0 Å². The molecule has 14 heavy (non-hydrogen) atoms. The maximum Gasteiger partial charge on any atom is 0.146 e. The van der Waals surface area contributed by atoms with Crippen LogP contribution in [-0.2, 0) is 0 Å². The van der Waals surface area contributed by atoms with E-state index in [4.69, 9.17) is 22.1 Å². The molecule has 1 rings (SSSR count). The first kappa shape index (κ1) is 12.8. The number of ether oxygens (including phenoxy) is 1. The number of hydrogen-bond acceptors (Lipinski definition) is 2. The molecule has 0 saturated heterocycles. The Morgan fingerprint density at radius 3 is 2.36 bits per heavy atom. The first-order valence-corrected chi connectivity index (χ1v) is 6.57. The minimum absolute atomic E-state index is 0.0391. The van der Waals surface area contributed by atoms with Crippen molar-refractivity contribution in [3.8, 4) is 5.75 Å². The third-order valence-electron chi connectivity index (χ3n) is 1.45. The number of rotatable bonds is 3. The van der Waals surface area contributed by atoms with Crippen molar-refractivity contribution in [2.24, 2.45) is 5.73 Å². The van der Waals surface area contributed by atoms with E-state index in [1.807, 2.05) is 19.1 Å². The summed E-state index contributed by atoms with van der Waals surface area (Å²) in [5.41, 5.74) is 5.61. The Morgan fingerprint density at radius 1 is 1.43 bits per heavy atom. The first-order valence-electron chi connectivity index (χ1n) is 4.03. The fourth-order valence-corrected chi connectivity index (χ4v) is 3.55. The van der Waals surface area contributed by atoms with E-state index in [0.29, 0.717) is 6.61 Å². The molecule has 1 unspecified atom stereocenters. The molecule has 2 N–H and O–H groups in total. The van der Waals surface area contributed by atoms with Crippen molar-refractivity contribution in [1.82, 2.24) is 0 Å². The van der Waals surface area contributed by atoms with Crippen LogP contribution in [0.5, 0.6) is 5.75 Å². The lowest BCUT2D eigenvalue weighted by Gasteiger charge is -2.12. The summed E-state index contributed by atoms with van der Waals surface area (Å²) in [4.78, 5) is 0. The topological polar surface area (TPSA) is 35.2 Å². The van der Waals surface area contributed by atoms with Gasteiger partial charge in [0, 0.05) is 11.1 Å². The Hall–Kier alpha value is 0.730. The fourth-order valence-electron chi connectivity index (χ4n) is 0.882. The van der Waals surface area contributed by atoms with Gasteiger partial charge in [0.05, 0.1) is 7.14 Å². The molecule has 0 aliphatic heterocycles. The molecule has 2 nitrogen and oxygen atoms in total. The highest BCUT2D eigenvalue weighted by molar-refractivity contribution is 14.1. The van der Waals surface area contributed by atoms with Crippen molar-refractivity contribution >= 4 is 56.8 Å². The lowest BCUT2D eigenvalue weighted by atomic mass is 10.3. The Morgan fingerprint density at radius 2 is 1.93 bits per heavy atom. The van der Waals surface area contributed by atoms with Gasteiger partial charge in [0.2, 0.25) is 0 Å². The Balaban J connectivity index is 2.86. The number of hydrogen-bond donors (Lipinski definition) is 1. The molecule has 0 aliphatic rings. The van der Waals surface area contributed by atoms with Crippen molar-refractivity contribution in [3.05, 3.63) is 24.3 Å². The van der Waals surface area contributed by atoms with Crippen LogP contribution < -0.4 is 10.5 Å². The van der Waals surface area contributed by atoms with E-state index in [2.05, 4.69) is 45.2 Å². The zero-order valence-corrected chi connectivity index (χ0v) is 12.6. The molecule has 0 spiro atoms. The summed E-state index contributed by atoms with van der Waals surface area (Å²) < 4.78 is 7.61. The van der Waals surface area contributed by atoms with E-state index in [1.165, 1.54) is 0 Å². The molecule has 0 radical (unpaired) electrons. The second kappa shape index (κ2) is 5.72. The molecule has 5 heteroatoms. The zero-order valence-electron chi connectivity index (χ0n) is 7.56. The fraction of sp³-hybridized carbons (Fsp3) is 0.333. The zero-order chi connectivity index (χ0) is 10.7. The van der Waals surface area contributed by atoms with E-state index in [1.54, 1.807) is 0 Å². The van der Waals surface area contributed by atoms with E-state index in [0.717, 1.165) is 17.9 Å². The first-order chi connectivity index (χ1) is 6.50. The van der Waals surface area contributed by atoms with Gasteiger partial charge in [-0.05, 0) is 64.2 Å². The van der Waals surface area contributed by atoms with Crippen molar-refractivity contribution in [3.63, 3.8) is 0 Å². The lowest BCUT2D eigenvalue weighted by molar-refractivity contribution is 0.292. The average Bonchev–Trinajstić information content (AvgIpc) is 2.01. The Labute approximate surface area is 116 Å². The normalized spacial score (nSPS) is 12.6. The van der Waals surface area contributed by atoms with E-state index in [9.17, 15) is 0 Å². The Kier molecular flexibility index (Phi) is 5.22. The van der Waals surface area contributed by atoms with Crippen molar-refractivity contribution < 1.29 is 4.74 Å². The standard InChI is InChI=1S/C9H10ClI2NO/c1-5(13)4-14-9-7(11)2-6(10)3-8(9)12/h2-3,5H,4,13H2,1H3. The average molecular weight is 437 g/mol. The molecule has 1 aromatic rings. The van der Waals surface area contributed by atoms with Gasteiger partial charge in [0.15, 0.2) is 0 Å². The minimum Gasteiger partial charge on any atom is -0.490 e. The minimum atomic E-state index is 0.0391. The molecule has 0 bridgehead atoms. The molecule has 0 fully saturated rings. The second-order valence-corrected chi connectivity index (χ2v) is 5.75. The smallest absolute Gasteiger partial charge is 0.146 e. The van der Waals surface area contributed by atoms with Crippen molar-refractivity contribution in [2.45, 2.75) is 13.0 Å². The van der Waals surface area contributed by atoms with Crippen LogP contribution in [0.2, 0.25) is 5.02 Å². The summed E-state index contributed by atoms with van der Waals surface area (Å²) >= 11 is 10.3. The van der Waals surface area contributed by atoms with Crippen LogP contribution in [0.4, 0.5) is 0 Å². The predicted molar refractivity (Wildman–Crippen MR) is 76.0 cm³/mol. The summed E-state index contributed by atoms with van der Waals surface area (Å²) in [7, 11) is 0. The number of halogens is 3. The number of nitrogens with two attached hydrogens (primary N) is 1. The van der Waals surface area contributed by atoms with Gasteiger partial charge < -0.3 is 10.5 Å². The van der Waals surface area contributed by atoms with E-state index < -0.39 is 0 Å². The third-order valence-corrected chi connectivity index (χ3v) is 3.27. The van der Waals surface area contributed by atoms with Gasteiger partial charge >= 0.3 is 0 Å². The molecule has 0 aliphatic carbocycles. The molecular weight excluding hydrogens is 427 g/mol. The van der Waals surface area contributed by atoms with Gasteiger partial charge in [-0.3, -0.25) is 0 Å². The highest BCUT2D eigenvalue weighted by atomic mass is 127. The highest BCUT2D eigenvalue weighted by Crippen LogP contribution is 2.30. The molecule has 0 aromatic heterocycles. The molecule has 0 heterocycles. The van der Waals surface area contributed by atoms with Gasteiger partial charge in [-0.1, -0.05) is 11.6 Å². The number of benzene rings is 1. The summed E-state index contributed by atoms with van der Waals surface area (Å²) in [6.07, 6.45) is 0. The van der Waals surface area contributed by atoms with Gasteiger partial charge in [0.25, 0.3) is 0 Å². The molecule has 0 amide bonds. The van der Waals surface area contributed by atoms with Gasteiger partial charge in [0.1, 0.15) is 12.4 Å². The van der Waals surface area contributed by atoms with Crippen LogP contribution in [0.15, 0.2) is 12.1 Å². The lowest BCUT2D eigenvalue weighted by Crippen LogP contribution is -2.24. The molecular formula is C9H10ClI2NO. The largest absolute Gasteiger partial charge is 0.490 e. The van der Waals surface area contributed by atoms with Gasteiger partial charge in [-0.15, -0.1) is 0 Å². The Bertz CT molecular complexity index is 308. The highest BCUT2D eigenvalue weighted by Gasteiger charge is 2.08. The summed E-state index contributed by atoms with van der Waals surface area (Å²) in [5, 5.41) is 0.729. The van der Waals surface area contributed by atoms with Crippen LogP contribution in [-0.4, -0.2) is 12.6 Å². The van der Waals surface area contributed by atoms with Crippen LogP contribution in [0.3, 0.4) is 0 Å². The maximum absolute atomic E-state index is 5.90. The molecule has 0 saturated carbocycles. The molecule has 1 atom stereocenters. The summed E-state index contributed by atoms with van der Waals surface area (Å²) in [5.74, 6) is 0.868. The monoisotopic (exact) mass is 437 g/mol.